The van der Waals surface area contributed by atoms with Gasteiger partial charge >= 0.3 is 0 Å². The molecule has 0 N–H and O–H groups in total. The summed E-state index contributed by atoms with van der Waals surface area (Å²) in [4.78, 5) is 5.13. The Morgan fingerprint density at radius 1 is 1.14 bits per heavy atom. The highest BCUT2D eigenvalue weighted by Gasteiger charge is 2.21. The zero-order chi connectivity index (χ0) is 9.80. The highest BCUT2D eigenvalue weighted by Crippen LogP contribution is 2.14. The van der Waals surface area contributed by atoms with Gasteiger partial charge in [0.2, 0.25) is 0 Å². The number of hydrogen-bond acceptors (Lipinski definition) is 3. The van der Waals surface area contributed by atoms with Gasteiger partial charge in [0.25, 0.3) is 0 Å². The Morgan fingerprint density at radius 2 is 1.86 bits per heavy atom. The molecule has 2 aliphatic heterocycles. The van der Waals surface area contributed by atoms with Crippen LogP contribution in [0.2, 0.25) is 0 Å². The highest BCUT2D eigenvalue weighted by atomic mass is 16.5. The van der Waals surface area contributed by atoms with Crippen LogP contribution >= 0.6 is 0 Å². The van der Waals surface area contributed by atoms with E-state index >= 15 is 0 Å². The van der Waals surface area contributed by atoms with Gasteiger partial charge in [-0.2, -0.15) is 0 Å². The van der Waals surface area contributed by atoms with Crippen molar-refractivity contribution in [2.75, 3.05) is 52.5 Å². The average molecular weight is 198 g/mol. The van der Waals surface area contributed by atoms with Crippen molar-refractivity contribution in [1.29, 1.82) is 0 Å². The molecule has 0 radical (unpaired) electrons. The summed E-state index contributed by atoms with van der Waals surface area (Å²) in [5.74, 6) is 0.808. The lowest BCUT2D eigenvalue weighted by molar-refractivity contribution is 0.114. The number of piperazine rings is 1. The summed E-state index contributed by atoms with van der Waals surface area (Å²) >= 11 is 0. The van der Waals surface area contributed by atoms with Gasteiger partial charge in [-0.15, -0.1) is 0 Å². The molecule has 2 heterocycles. The van der Waals surface area contributed by atoms with Crippen molar-refractivity contribution >= 4 is 0 Å². The Bertz CT molecular complexity index is 161. The van der Waals surface area contributed by atoms with E-state index in [2.05, 4.69) is 16.7 Å². The molecule has 0 aromatic carbocycles. The Morgan fingerprint density at radius 3 is 2.43 bits per heavy atom. The topological polar surface area (TPSA) is 15.7 Å². The van der Waals surface area contributed by atoms with E-state index in [1.165, 1.54) is 45.7 Å². The van der Waals surface area contributed by atoms with E-state index in [0.717, 1.165) is 19.1 Å². The highest BCUT2D eigenvalue weighted by molar-refractivity contribution is 4.75. The second-order valence-electron chi connectivity index (χ2n) is 4.46. The SMILES string of the molecule is CCN1CCN(CC2CCOC2)CC1. The van der Waals surface area contributed by atoms with Crippen LogP contribution in [0.4, 0.5) is 0 Å². The molecule has 0 aromatic heterocycles. The quantitative estimate of drug-likeness (QED) is 0.662. The van der Waals surface area contributed by atoms with E-state index in [1.54, 1.807) is 0 Å². The van der Waals surface area contributed by atoms with E-state index in [4.69, 9.17) is 4.74 Å². The molecule has 3 heteroatoms. The number of rotatable bonds is 3. The minimum absolute atomic E-state index is 0.808. The van der Waals surface area contributed by atoms with E-state index in [0.29, 0.717) is 0 Å². The standard InChI is InChI=1S/C11H22N2O/c1-2-12-4-6-13(7-5-12)9-11-3-8-14-10-11/h11H,2-10H2,1H3. The maximum absolute atomic E-state index is 5.40. The van der Waals surface area contributed by atoms with Gasteiger partial charge in [-0.05, 0) is 18.9 Å². The lowest BCUT2D eigenvalue weighted by Gasteiger charge is -2.35. The lowest BCUT2D eigenvalue weighted by atomic mass is 10.1. The van der Waals surface area contributed by atoms with Crippen LogP contribution in [0.1, 0.15) is 13.3 Å². The Hall–Kier alpha value is -0.120. The summed E-state index contributed by atoms with van der Waals surface area (Å²) in [6.07, 6.45) is 1.27. The van der Waals surface area contributed by atoms with Gasteiger partial charge < -0.3 is 14.5 Å². The van der Waals surface area contributed by atoms with Crippen LogP contribution in [0.15, 0.2) is 0 Å². The average Bonchev–Trinajstić information content (AvgIpc) is 2.72. The molecular weight excluding hydrogens is 176 g/mol. The Kier molecular flexibility index (Phi) is 3.79. The van der Waals surface area contributed by atoms with Crippen molar-refractivity contribution in [3.05, 3.63) is 0 Å². The minimum atomic E-state index is 0.808. The zero-order valence-electron chi connectivity index (χ0n) is 9.24. The fraction of sp³-hybridized carbons (Fsp3) is 1.00. The molecule has 2 aliphatic rings. The van der Waals surface area contributed by atoms with Crippen molar-refractivity contribution in [2.45, 2.75) is 13.3 Å². The van der Waals surface area contributed by atoms with Crippen LogP contribution in [0.5, 0.6) is 0 Å². The molecule has 14 heavy (non-hydrogen) atoms. The van der Waals surface area contributed by atoms with Crippen LogP contribution in [-0.4, -0.2) is 62.3 Å². The molecule has 0 aliphatic carbocycles. The van der Waals surface area contributed by atoms with Gasteiger partial charge in [-0.3, -0.25) is 0 Å². The number of likely N-dealkylation sites (N-methyl/N-ethyl adjacent to an activating group) is 1. The summed E-state index contributed by atoms with van der Waals surface area (Å²) in [5, 5.41) is 0. The molecule has 2 fully saturated rings. The molecule has 1 atom stereocenters. The molecule has 1 unspecified atom stereocenters. The number of ether oxygens (including phenoxy) is 1. The van der Waals surface area contributed by atoms with Gasteiger partial charge in [-0.1, -0.05) is 6.92 Å². The molecule has 0 spiro atoms. The van der Waals surface area contributed by atoms with Gasteiger partial charge in [-0.25, -0.2) is 0 Å². The largest absolute Gasteiger partial charge is 0.381 e. The molecule has 0 aromatic rings. The van der Waals surface area contributed by atoms with Gasteiger partial charge in [0.05, 0.1) is 6.61 Å². The van der Waals surface area contributed by atoms with E-state index in [9.17, 15) is 0 Å². The van der Waals surface area contributed by atoms with Crippen molar-refractivity contribution < 1.29 is 4.74 Å². The first-order valence-electron chi connectivity index (χ1n) is 5.91. The first-order valence-corrected chi connectivity index (χ1v) is 5.91. The van der Waals surface area contributed by atoms with Gasteiger partial charge in [0.15, 0.2) is 0 Å². The van der Waals surface area contributed by atoms with Gasteiger partial charge in [0.1, 0.15) is 0 Å². The van der Waals surface area contributed by atoms with E-state index in [1.807, 2.05) is 0 Å². The van der Waals surface area contributed by atoms with Crippen LogP contribution < -0.4 is 0 Å². The predicted octanol–water partition coefficient (Wildman–Crippen LogP) is 0.660. The van der Waals surface area contributed by atoms with Crippen molar-refractivity contribution in [3.8, 4) is 0 Å². The monoisotopic (exact) mass is 198 g/mol. The van der Waals surface area contributed by atoms with E-state index in [-0.39, 0.29) is 0 Å². The molecule has 82 valence electrons. The van der Waals surface area contributed by atoms with Crippen LogP contribution in [0.25, 0.3) is 0 Å². The Balaban J connectivity index is 1.67. The minimum Gasteiger partial charge on any atom is -0.381 e. The van der Waals surface area contributed by atoms with Crippen molar-refractivity contribution in [2.24, 2.45) is 5.92 Å². The maximum atomic E-state index is 5.40. The molecule has 2 saturated heterocycles. The van der Waals surface area contributed by atoms with Crippen LogP contribution in [-0.2, 0) is 4.74 Å². The number of nitrogens with zero attached hydrogens (tertiary/aromatic N) is 2. The summed E-state index contributed by atoms with van der Waals surface area (Å²) in [7, 11) is 0. The van der Waals surface area contributed by atoms with Crippen LogP contribution in [0, 0.1) is 5.92 Å². The van der Waals surface area contributed by atoms with Crippen molar-refractivity contribution in [3.63, 3.8) is 0 Å². The fourth-order valence-corrected chi connectivity index (χ4v) is 2.38. The van der Waals surface area contributed by atoms with Crippen LogP contribution in [0.3, 0.4) is 0 Å². The third kappa shape index (κ3) is 2.69. The second-order valence-corrected chi connectivity index (χ2v) is 4.46. The fourth-order valence-electron chi connectivity index (χ4n) is 2.38. The van der Waals surface area contributed by atoms with Crippen molar-refractivity contribution in [1.82, 2.24) is 9.80 Å². The Labute approximate surface area is 87.0 Å². The normalized spacial score (nSPS) is 31.1. The molecular formula is C11H22N2O. The molecule has 0 saturated carbocycles. The first-order chi connectivity index (χ1) is 6.88. The zero-order valence-corrected chi connectivity index (χ0v) is 9.24. The predicted molar refractivity (Wildman–Crippen MR) is 57.5 cm³/mol. The summed E-state index contributed by atoms with van der Waals surface area (Å²) in [6, 6.07) is 0. The summed E-state index contributed by atoms with van der Waals surface area (Å²) in [5.41, 5.74) is 0. The molecule has 0 amide bonds. The molecule has 2 rings (SSSR count). The second kappa shape index (κ2) is 5.10. The van der Waals surface area contributed by atoms with Gasteiger partial charge in [0, 0.05) is 39.3 Å². The first kappa shape index (κ1) is 10.4. The smallest absolute Gasteiger partial charge is 0.0507 e. The third-order valence-electron chi connectivity index (χ3n) is 3.45. The summed E-state index contributed by atoms with van der Waals surface area (Å²) < 4.78 is 5.40. The molecule has 0 bridgehead atoms. The summed E-state index contributed by atoms with van der Waals surface area (Å²) in [6.45, 7) is 11.7. The number of hydrogen-bond donors (Lipinski definition) is 0. The third-order valence-corrected chi connectivity index (χ3v) is 3.45. The lowest BCUT2D eigenvalue weighted by Crippen LogP contribution is -2.47. The maximum Gasteiger partial charge on any atom is 0.0507 e. The van der Waals surface area contributed by atoms with E-state index < -0.39 is 0 Å². The molecule has 3 nitrogen and oxygen atoms in total.